The Labute approximate surface area is 77.2 Å². The number of sulfonamides is 1. The van der Waals surface area contributed by atoms with E-state index in [1.807, 2.05) is 30.3 Å². The van der Waals surface area contributed by atoms with Crippen LogP contribution in [0.2, 0.25) is 0 Å². The molecule has 0 saturated heterocycles. The Balaban J connectivity index is 2.54. The second-order valence-electron chi connectivity index (χ2n) is 2.65. The SMILES string of the molecule is O=S(=O)(CCc1ccccc1)NO. The van der Waals surface area contributed by atoms with Gasteiger partial charge in [-0.2, -0.15) is 0 Å². The van der Waals surface area contributed by atoms with Crippen LogP contribution in [0.4, 0.5) is 0 Å². The molecule has 0 fully saturated rings. The lowest BCUT2D eigenvalue weighted by molar-refractivity contribution is 0.242. The summed E-state index contributed by atoms with van der Waals surface area (Å²) in [5.74, 6) is -0.104. The van der Waals surface area contributed by atoms with E-state index in [0.29, 0.717) is 6.42 Å². The van der Waals surface area contributed by atoms with Crippen molar-refractivity contribution in [1.82, 2.24) is 4.89 Å². The Bertz CT molecular complexity index is 347. The highest BCUT2D eigenvalue weighted by molar-refractivity contribution is 7.89. The fraction of sp³-hybridized carbons (Fsp3) is 0.250. The molecule has 0 atom stereocenters. The van der Waals surface area contributed by atoms with Crippen molar-refractivity contribution >= 4 is 10.0 Å². The molecule has 0 amide bonds. The number of hydrogen-bond acceptors (Lipinski definition) is 3. The first-order valence-electron chi connectivity index (χ1n) is 3.81. The van der Waals surface area contributed by atoms with E-state index in [1.165, 1.54) is 4.89 Å². The van der Waals surface area contributed by atoms with Gasteiger partial charge in [-0.15, -0.1) is 0 Å². The minimum absolute atomic E-state index is 0.104. The van der Waals surface area contributed by atoms with Crippen LogP contribution in [0.5, 0.6) is 0 Å². The zero-order valence-corrected chi connectivity index (χ0v) is 7.79. The molecule has 72 valence electrons. The predicted molar refractivity (Wildman–Crippen MR) is 48.9 cm³/mol. The van der Waals surface area contributed by atoms with Crippen LogP contribution in [-0.4, -0.2) is 19.4 Å². The van der Waals surface area contributed by atoms with Crippen molar-refractivity contribution in [2.45, 2.75) is 6.42 Å². The second kappa shape index (κ2) is 4.36. The average molecular weight is 201 g/mol. The van der Waals surface area contributed by atoms with E-state index in [-0.39, 0.29) is 5.75 Å². The summed E-state index contributed by atoms with van der Waals surface area (Å²) >= 11 is 0. The lowest BCUT2D eigenvalue weighted by Crippen LogP contribution is -2.23. The molecule has 5 heteroatoms. The van der Waals surface area contributed by atoms with E-state index in [0.717, 1.165) is 5.56 Å². The van der Waals surface area contributed by atoms with Gasteiger partial charge in [-0.3, -0.25) is 0 Å². The monoisotopic (exact) mass is 201 g/mol. The van der Waals surface area contributed by atoms with Crippen LogP contribution in [-0.2, 0) is 16.4 Å². The van der Waals surface area contributed by atoms with Crippen LogP contribution in [0.25, 0.3) is 0 Å². The molecule has 1 aromatic rings. The molecular weight excluding hydrogens is 190 g/mol. The van der Waals surface area contributed by atoms with Crippen LogP contribution >= 0.6 is 0 Å². The summed E-state index contributed by atoms with van der Waals surface area (Å²) in [6, 6.07) is 9.23. The maximum absolute atomic E-state index is 10.8. The minimum atomic E-state index is -3.51. The van der Waals surface area contributed by atoms with Gasteiger partial charge in [0.2, 0.25) is 10.0 Å². The Kier molecular flexibility index (Phi) is 3.41. The molecule has 1 rings (SSSR count). The van der Waals surface area contributed by atoms with Gasteiger partial charge in [0.05, 0.1) is 5.75 Å². The van der Waals surface area contributed by atoms with E-state index in [2.05, 4.69) is 0 Å². The molecule has 0 spiro atoms. The van der Waals surface area contributed by atoms with E-state index >= 15 is 0 Å². The summed E-state index contributed by atoms with van der Waals surface area (Å²) < 4.78 is 21.6. The van der Waals surface area contributed by atoms with Gasteiger partial charge in [-0.1, -0.05) is 35.2 Å². The fourth-order valence-electron chi connectivity index (χ4n) is 0.943. The van der Waals surface area contributed by atoms with Crippen LogP contribution < -0.4 is 4.89 Å². The van der Waals surface area contributed by atoms with Gasteiger partial charge in [0, 0.05) is 0 Å². The number of aryl methyl sites for hydroxylation is 1. The first kappa shape index (κ1) is 10.2. The maximum atomic E-state index is 10.8. The predicted octanol–water partition coefficient (Wildman–Crippen LogP) is 0.538. The summed E-state index contributed by atoms with van der Waals surface area (Å²) in [5.41, 5.74) is 0.932. The van der Waals surface area contributed by atoms with Crippen molar-refractivity contribution in [3.63, 3.8) is 0 Å². The first-order chi connectivity index (χ1) is 6.14. The molecule has 0 saturated carbocycles. The second-order valence-corrected chi connectivity index (χ2v) is 4.47. The van der Waals surface area contributed by atoms with Crippen molar-refractivity contribution in [1.29, 1.82) is 0 Å². The highest BCUT2D eigenvalue weighted by atomic mass is 32.2. The summed E-state index contributed by atoms with van der Waals surface area (Å²) in [6.07, 6.45) is 0.400. The molecule has 0 radical (unpaired) electrons. The van der Waals surface area contributed by atoms with Gasteiger partial charge in [0.1, 0.15) is 0 Å². The number of rotatable bonds is 4. The van der Waals surface area contributed by atoms with E-state index in [9.17, 15) is 8.42 Å². The van der Waals surface area contributed by atoms with Gasteiger partial charge in [-0.25, -0.2) is 8.42 Å². The maximum Gasteiger partial charge on any atom is 0.233 e. The molecule has 0 aromatic heterocycles. The Morgan fingerprint density at radius 3 is 2.38 bits per heavy atom. The molecule has 0 aliphatic heterocycles. The third kappa shape index (κ3) is 3.54. The van der Waals surface area contributed by atoms with Gasteiger partial charge >= 0.3 is 0 Å². The molecule has 0 aliphatic rings. The Morgan fingerprint density at radius 2 is 1.85 bits per heavy atom. The van der Waals surface area contributed by atoms with Gasteiger partial charge in [0.15, 0.2) is 0 Å². The molecule has 0 aliphatic carbocycles. The van der Waals surface area contributed by atoms with Crippen LogP contribution in [0, 0.1) is 0 Å². The zero-order chi connectivity index (χ0) is 9.73. The molecule has 13 heavy (non-hydrogen) atoms. The standard InChI is InChI=1S/C8H11NO3S/c10-9-13(11,12)7-6-8-4-2-1-3-5-8/h1-5,9-10H,6-7H2. The van der Waals surface area contributed by atoms with Crippen LogP contribution in [0.3, 0.4) is 0 Å². The molecule has 0 heterocycles. The summed E-state index contributed by atoms with van der Waals surface area (Å²) in [5, 5.41) is 8.23. The quantitative estimate of drug-likeness (QED) is 0.699. The Hall–Kier alpha value is -0.910. The largest absolute Gasteiger partial charge is 0.302 e. The van der Waals surface area contributed by atoms with Crippen LogP contribution in [0.1, 0.15) is 5.56 Å². The molecule has 4 nitrogen and oxygen atoms in total. The molecule has 0 bridgehead atoms. The normalized spacial score (nSPS) is 11.5. The van der Waals surface area contributed by atoms with E-state index < -0.39 is 10.0 Å². The lowest BCUT2D eigenvalue weighted by atomic mass is 10.2. The molecule has 1 aromatic carbocycles. The molecule has 2 N–H and O–H groups in total. The fourth-order valence-corrected chi connectivity index (χ4v) is 1.54. The molecular formula is C8H11NO3S. The molecule has 0 unspecified atom stereocenters. The smallest absolute Gasteiger partial charge is 0.233 e. The first-order valence-corrected chi connectivity index (χ1v) is 5.47. The number of nitrogens with one attached hydrogen (secondary N) is 1. The van der Waals surface area contributed by atoms with Crippen LogP contribution in [0.15, 0.2) is 30.3 Å². The highest BCUT2D eigenvalue weighted by Crippen LogP contribution is 2.00. The van der Waals surface area contributed by atoms with Gasteiger partial charge < -0.3 is 5.21 Å². The minimum Gasteiger partial charge on any atom is -0.302 e. The van der Waals surface area contributed by atoms with E-state index in [1.54, 1.807) is 0 Å². The highest BCUT2D eigenvalue weighted by Gasteiger charge is 2.07. The summed E-state index contributed by atoms with van der Waals surface area (Å²) in [4.78, 5) is 1.28. The lowest BCUT2D eigenvalue weighted by Gasteiger charge is -2.00. The average Bonchev–Trinajstić information content (AvgIpc) is 2.17. The topological polar surface area (TPSA) is 66.4 Å². The number of hydrogen-bond donors (Lipinski definition) is 2. The van der Waals surface area contributed by atoms with Crippen molar-refractivity contribution in [2.24, 2.45) is 0 Å². The van der Waals surface area contributed by atoms with Gasteiger partial charge in [0.25, 0.3) is 0 Å². The zero-order valence-electron chi connectivity index (χ0n) is 6.97. The summed E-state index contributed by atoms with van der Waals surface area (Å²) in [6.45, 7) is 0. The van der Waals surface area contributed by atoms with Crippen molar-refractivity contribution < 1.29 is 13.6 Å². The third-order valence-electron chi connectivity index (χ3n) is 1.64. The van der Waals surface area contributed by atoms with Crippen molar-refractivity contribution in [2.75, 3.05) is 5.75 Å². The van der Waals surface area contributed by atoms with Crippen molar-refractivity contribution in [3.8, 4) is 0 Å². The summed E-state index contributed by atoms with van der Waals surface area (Å²) in [7, 11) is -3.51. The third-order valence-corrected chi connectivity index (χ3v) is 2.66. The Morgan fingerprint density at radius 1 is 1.23 bits per heavy atom. The van der Waals surface area contributed by atoms with Crippen molar-refractivity contribution in [3.05, 3.63) is 35.9 Å². The van der Waals surface area contributed by atoms with E-state index in [4.69, 9.17) is 5.21 Å². The van der Waals surface area contributed by atoms with Gasteiger partial charge in [-0.05, 0) is 12.0 Å². The number of benzene rings is 1.